The minimum Gasteiger partial charge on any atom is -0.394 e. The number of ether oxygens (including phenoxy) is 2. The average molecular weight is 408 g/mol. The van der Waals surface area contributed by atoms with Crippen molar-refractivity contribution in [3.63, 3.8) is 0 Å². The van der Waals surface area contributed by atoms with Gasteiger partial charge in [-0.05, 0) is 0 Å². The van der Waals surface area contributed by atoms with E-state index in [9.17, 15) is 32.7 Å². The highest BCUT2D eigenvalue weighted by molar-refractivity contribution is 5.81. The first kappa shape index (κ1) is 23.4. The molecule has 0 aliphatic rings. The number of hydrogen-bond acceptors (Lipinski definition) is 7. The van der Waals surface area contributed by atoms with E-state index in [0.717, 1.165) is 10.8 Å². The SMILES string of the molecule is COC(CO)C(Cn1cc(C#CCNC(=O)C(F)(F)F)c(=O)[nH]c1=O)OCN. The maximum Gasteiger partial charge on any atom is 0.471 e. The Morgan fingerprint density at radius 1 is 1.43 bits per heavy atom. The third kappa shape index (κ3) is 6.82. The molecule has 0 saturated carbocycles. The summed E-state index contributed by atoms with van der Waals surface area (Å²) in [5.41, 5.74) is 3.42. The highest BCUT2D eigenvalue weighted by atomic mass is 19.4. The number of alkyl halides is 3. The van der Waals surface area contributed by atoms with Crippen LogP contribution in [-0.4, -0.2) is 65.9 Å². The topological polar surface area (TPSA) is 149 Å². The van der Waals surface area contributed by atoms with Crippen LogP contribution in [0.1, 0.15) is 5.56 Å². The van der Waals surface area contributed by atoms with Crippen LogP contribution in [0.3, 0.4) is 0 Å². The lowest BCUT2D eigenvalue weighted by molar-refractivity contribution is -0.173. The van der Waals surface area contributed by atoms with E-state index < -0.39 is 48.7 Å². The Bertz CT molecular complexity index is 835. The van der Waals surface area contributed by atoms with Gasteiger partial charge in [0.15, 0.2) is 0 Å². The van der Waals surface area contributed by atoms with Crippen molar-refractivity contribution in [3.8, 4) is 11.8 Å². The van der Waals surface area contributed by atoms with Crippen LogP contribution in [0.5, 0.6) is 0 Å². The molecule has 1 rings (SSSR count). The van der Waals surface area contributed by atoms with Crippen LogP contribution in [0.15, 0.2) is 15.8 Å². The maximum absolute atomic E-state index is 12.1. The molecular weight excluding hydrogens is 389 g/mol. The third-order valence-electron chi connectivity index (χ3n) is 3.41. The summed E-state index contributed by atoms with van der Waals surface area (Å²) in [7, 11) is 1.32. The Kier molecular flexibility index (Phi) is 8.86. The van der Waals surface area contributed by atoms with Crippen LogP contribution in [-0.2, 0) is 20.8 Å². The molecule has 0 spiro atoms. The Morgan fingerprint density at radius 2 is 2.11 bits per heavy atom. The van der Waals surface area contributed by atoms with Gasteiger partial charge in [0.1, 0.15) is 17.8 Å². The van der Waals surface area contributed by atoms with E-state index in [1.54, 1.807) is 0 Å². The first-order chi connectivity index (χ1) is 13.1. The van der Waals surface area contributed by atoms with Gasteiger partial charge in [-0.2, -0.15) is 13.2 Å². The predicted molar refractivity (Wildman–Crippen MR) is 89.1 cm³/mol. The fourth-order valence-corrected chi connectivity index (χ4v) is 2.04. The molecule has 1 heterocycles. The van der Waals surface area contributed by atoms with Crippen molar-refractivity contribution in [2.24, 2.45) is 5.73 Å². The highest BCUT2D eigenvalue weighted by Gasteiger charge is 2.38. The van der Waals surface area contributed by atoms with Crippen molar-refractivity contribution in [1.29, 1.82) is 0 Å². The van der Waals surface area contributed by atoms with E-state index in [1.165, 1.54) is 12.4 Å². The molecule has 5 N–H and O–H groups in total. The van der Waals surface area contributed by atoms with Crippen LogP contribution in [0.4, 0.5) is 13.2 Å². The number of halogens is 3. The molecule has 28 heavy (non-hydrogen) atoms. The number of H-pyrrole nitrogens is 1. The lowest BCUT2D eigenvalue weighted by Gasteiger charge is -2.24. The monoisotopic (exact) mass is 408 g/mol. The second-order valence-corrected chi connectivity index (χ2v) is 5.27. The molecule has 0 radical (unpaired) electrons. The van der Waals surface area contributed by atoms with Crippen LogP contribution in [0.2, 0.25) is 0 Å². The number of hydrogen-bond donors (Lipinski definition) is 4. The summed E-state index contributed by atoms with van der Waals surface area (Å²) in [6.45, 7) is -1.48. The Balaban J connectivity index is 3.01. The fraction of sp³-hybridized carbons (Fsp3) is 0.533. The van der Waals surface area contributed by atoms with Crippen LogP contribution >= 0.6 is 0 Å². The first-order valence-electron chi connectivity index (χ1n) is 7.77. The summed E-state index contributed by atoms with van der Waals surface area (Å²) in [5.74, 6) is 2.28. The molecular formula is C15H19F3N4O6. The number of amides is 1. The molecule has 13 heteroatoms. The summed E-state index contributed by atoms with van der Waals surface area (Å²) < 4.78 is 47.5. The summed E-state index contributed by atoms with van der Waals surface area (Å²) in [4.78, 5) is 36.4. The number of rotatable bonds is 8. The molecule has 2 atom stereocenters. The molecule has 1 aromatic rings. The number of aliphatic hydroxyl groups excluding tert-OH is 1. The standard InChI is InChI=1S/C15H19F3N4O6/c1-27-11(7-23)10(28-8-19)6-22-5-9(12(24)21-14(22)26)3-2-4-20-13(25)15(16,17)18/h5,10-11,23H,4,6-8,19H2,1H3,(H,20,25)(H,21,24,26). The number of aliphatic hydroxyl groups is 1. The minimum atomic E-state index is -5.05. The van der Waals surface area contributed by atoms with Gasteiger partial charge in [-0.1, -0.05) is 11.8 Å². The molecule has 0 aliphatic heterocycles. The number of nitrogens with two attached hydrogens (primary N) is 1. The number of carbonyl (C=O) groups is 1. The van der Waals surface area contributed by atoms with E-state index in [0.29, 0.717) is 0 Å². The van der Waals surface area contributed by atoms with Crippen molar-refractivity contribution >= 4 is 5.91 Å². The van der Waals surface area contributed by atoms with Crippen molar-refractivity contribution in [3.05, 3.63) is 32.6 Å². The quantitative estimate of drug-likeness (QED) is 0.284. The first-order valence-corrected chi connectivity index (χ1v) is 7.77. The summed E-state index contributed by atoms with van der Waals surface area (Å²) in [6.07, 6.45) is -5.63. The van der Waals surface area contributed by atoms with E-state index in [1.807, 2.05) is 4.98 Å². The molecule has 1 amide bonds. The molecule has 0 fully saturated rings. The van der Waals surface area contributed by atoms with E-state index in [-0.39, 0.29) is 18.8 Å². The van der Waals surface area contributed by atoms with Gasteiger partial charge in [-0.3, -0.25) is 19.1 Å². The minimum absolute atomic E-state index is 0.161. The van der Waals surface area contributed by atoms with Gasteiger partial charge in [0.05, 0.1) is 26.4 Å². The van der Waals surface area contributed by atoms with Crippen LogP contribution in [0.25, 0.3) is 0 Å². The molecule has 2 unspecified atom stereocenters. The smallest absolute Gasteiger partial charge is 0.394 e. The van der Waals surface area contributed by atoms with Crippen molar-refractivity contribution in [2.75, 3.05) is 27.0 Å². The average Bonchev–Trinajstić information content (AvgIpc) is 2.62. The summed E-state index contributed by atoms with van der Waals surface area (Å²) in [5, 5.41) is 10.8. The number of nitrogens with zero attached hydrogens (tertiary/aromatic N) is 1. The maximum atomic E-state index is 12.1. The largest absolute Gasteiger partial charge is 0.471 e. The Labute approximate surface area is 156 Å². The zero-order valence-corrected chi connectivity index (χ0v) is 14.7. The molecule has 156 valence electrons. The third-order valence-corrected chi connectivity index (χ3v) is 3.41. The molecule has 0 aliphatic carbocycles. The molecule has 1 aromatic heterocycles. The van der Waals surface area contributed by atoms with Gasteiger partial charge >= 0.3 is 17.8 Å². The van der Waals surface area contributed by atoms with E-state index >= 15 is 0 Å². The normalized spacial score (nSPS) is 13.4. The number of carbonyl (C=O) groups excluding carboxylic acids is 1. The van der Waals surface area contributed by atoms with Gasteiger partial charge in [-0.25, -0.2) is 4.79 Å². The van der Waals surface area contributed by atoms with Crippen molar-refractivity contribution in [1.82, 2.24) is 14.9 Å². The van der Waals surface area contributed by atoms with Crippen LogP contribution in [0, 0.1) is 11.8 Å². The zero-order valence-electron chi connectivity index (χ0n) is 14.7. The van der Waals surface area contributed by atoms with Gasteiger partial charge < -0.3 is 25.6 Å². The van der Waals surface area contributed by atoms with Crippen molar-refractivity contribution < 1.29 is 32.5 Å². The van der Waals surface area contributed by atoms with Gasteiger partial charge in [0.2, 0.25) is 0 Å². The molecule has 0 aromatic carbocycles. The van der Waals surface area contributed by atoms with Gasteiger partial charge in [0, 0.05) is 13.3 Å². The zero-order chi connectivity index (χ0) is 21.3. The lowest BCUT2D eigenvalue weighted by Crippen LogP contribution is -2.42. The van der Waals surface area contributed by atoms with Gasteiger partial charge in [0.25, 0.3) is 5.56 Å². The molecule has 0 bridgehead atoms. The number of methoxy groups -OCH3 is 1. The lowest BCUT2D eigenvalue weighted by atomic mass is 10.2. The predicted octanol–water partition coefficient (Wildman–Crippen LogP) is -2.12. The van der Waals surface area contributed by atoms with E-state index in [4.69, 9.17) is 15.2 Å². The second kappa shape index (κ2) is 10.6. The van der Waals surface area contributed by atoms with Crippen LogP contribution < -0.4 is 22.3 Å². The Morgan fingerprint density at radius 3 is 2.64 bits per heavy atom. The fourth-order valence-electron chi connectivity index (χ4n) is 2.04. The molecule has 10 nitrogen and oxygen atoms in total. The Hall–Kier alpha value is -2.66. The number of nitrogens with one attached hydrogen (secondary N) is 2. The van der Waals surface area contributed by atoms with Crippen molar-refractivity contribution in [2.45, 2.75) is 24.9 Å². The summed E-state index contributed by atoms with van der Waals surface area (Å²) in [6, 6.07) is 0. The second-order valence-electron chi connectivity index (χ2n) is 5.27. The number of aromatic amines is 1. The highest BCUT2D eigenvalue weighted by Crippen LogP contribution is 2.13. The van der Waals surface area contributed by atoms with E-state index in [2.05, 4.69) is 11.8 Å². The summed E-state index contributed by atoms with van der Waals surface area (Å²) >= 11 is 0. The van der Waals surface area contributed by atoms with Gasteiger partial charge in [-0.15, -0.1) is 0 Å². The number of aromatic nitrogens is 2. The molecule has 0 saturated heterocycles.